The third-order valence-corrected chi connectivity index (χ3v) is 9.45. The predicted octanol–water partition coefficient (Wildman–Crippen LogP) is 4.25. The second-order valence-electron chi connectivity index (χ2n) is 12.7. The quantitative estimate of drug-likeness (QED) is 0.239. The number of hydrogen-bond acceptors (Lipinski definition) is 10. The number of likely N-dealkylation sites (tertiary alicyclic amines) is 1. The fourth-order valence-corrected chi connectivity index (χ4v) is 7.03. The van der Waals surface area contributed by atoms with Crippen LogP contribution in [0.5, 0.6) is 11.5 Å². The van der Waals surface area contributed by atoms with Crippen molar-refractivity contribution in [3.05, 3.63) is 95.6 Å². The molecule has 2 saturated heterocycles. The Morgan fingerprint density at radius 2 is 1.66 bits per heavy atom. The number of piperidine rings is 2. The summed E-state index contributed by atoms with van der Waals surface area (Å²) in [6, 6.07) is 18.3. The Morgan fingerprint density at radius 3 is 2.42 bits per heavy atom. The average molecular weight is 675 g/mol. The van der Waals surface area contributed by atoms with Crippen LogP contribution < -0.4 is 15.8 Å². The molecule has 3 N–H and O–H groups in total. The lowest BCUT2D eigenvalue weighted by Gasteiger charge is -2.33. The van der Waals surface area contributed by atoms with Crippen molar-refractivity contribution in [1.82, 2.24) is 34.9 Å². The van der Waals surface area contributed by atoms with E-state index in [1.807, 2.05) is 59.3 Å². The molecule has 2 atom stereocenters. The molecule has 2 fully saturated rings. The van der Waals surface area contributed by atoms with Crippen molar-refractivity contribution in [3.63, 3.8) is 0 Å². The van der Waals surface area contributed by atoms with Crippen LogP contribution in [0, 0.1) is 5.82 Å². The molecule has 0 bridgehead atoms. The molecule has 8 rings (SSSR count). The Labute approximate surface area is 284 Å². The minimum Gasteiger partial charge on any atom is -0.457 e. The smallest absolute Gasteiger partial charge is 0.262 e. The van der Waals surface area contributed by atoms with Gasteiger partial charge in [-0.2, -0.15) is 5.10 Å². The fraction of sp³-hybridized carbons (Fsp3) is 0.250. The molecule has 50 heavy (non-hydrogen) atoms. The summed E-state index contributed by atoms with van der Waals surface area (Å²) in [5, 5.41) is 7.80. The fourth-order valence-electron chi connectivity index (χ4n) is 7.03. The zero-order valence-corrected chi connectivity index (χ0v) is 26.7. The Balaban J connectivity index is 1.03. The first-order valence-corrected chi connectivity index (χ1v) is 16.3. The van der Waals surface area contributed by atoms with Gasteiger partial charge in [0.1, 0.15) is 41.2 Å². The number of ether oxygens (including phenoxy) is 1. The van der Waals surface area contributed by atoms with E-state index in [4.69, 9.17) is 15.6 Å². The highest BCUT2D eigenvalue weighted by atomic mass is 19.1. The number of para-hydroxylation sites is 1. The molecule has 5 heterocycles. The van der Waals surface area contributed by atoms with Crippen molar-refractivity contribution in [3.8, 4) is 22.8 Å². The molecular formula is C36H31FN8O5. The molecule has 13 nitrogen and oxygen atoms in total. The molecule has 3 aliphatic heterocycles. The van der Waals surface area contributed by atoms with E-state index in [2.05, 4.69) is 20.2 Å². The molecule has 0 saturated carbocycles. The summed E-state index contributed by atoms with van der Waals surface area (Å²) in [7, 11) is 0. The highest BCUT2D eigenvalue weighted by molar-refractivity contribution is 6.23. The summed E-state index contributed by atoms with van der Waals surface area (Å²) in [5.74, 6) is -1.52. The molecule has 0 spiro atoms. The van der Waals surface area contributed by atoms with E-state index in [-0.39, 0.29) is 42.1 Å². The van der Waals surface area contributed by atoms with Crippen LogP contribution in [0.25, 0.3) is 22.3 Å². The molecule has 252 valence electrons. The number of fused-ring (bicyclic) bond motifs is 2. The number of anilines is 1. The Bertz CT molecular complexity index is 2190. The number of carbonyl (C=O) groups excluding carboxylic acids is 4. The standard InChI is InChI=1S/C36H31FN8O5/c37-27-16-26-25(35(48)44(36(26)49)28-12-13-29(46)41-34(28)47)15-21(27)17-43-14-4-5-22(18-43)45-33-30(32(38)39-19-40-33)31(42-45)20-8-10-24(11-9-20)50-23-6-2-1-3-7-23/h1-3,6-11,15-16,19,22,28H,4-5,12-14,17-18H2,(H2,38,39,40)(H,41,46,47). The van der Waals surface area contributed by atoms with E-state index in [0.29, 0.717) is 41.4 Å². The van der Waals surface area contributed by atoms with Crippen LogP contribution in [0.2, 0.25) is 0 Å². The highest BCUT2D eigenvalue weighted by Gasteiger charge is 2.45. The van der Waals surface area contributed by atoms with Gasteiger partial charge in [0.15, 0.2) is 5.65 Å². The second kappa shape index (κ2) is 12.5. The first-order chi connectivity index (χ1) is 24.2. The summed E-state index contributed by atoms with van der Waals surface area (Å²) >= 11 is 0. The lowest BCUT2D eigenvalue weighted by Crippen LogP contribution is -2.54. The van der Waals surface area contributed by atoms with Crippen LogP contribution in [0.15, 0.2) is 73.1 Å². The van der Waals surface area contributed by atoms with Gasteiger partial charge in [-0.05, 0) is 74.3 Å². The number of aromatic nitrogens is 4. The van der Waals surface area contributed by atoms with E-state index in [0.717, 1.165) is 35.1 Å². The van der Waals surface area contributed by atoms with Crippen molar-refractivity contribution in [2.24, 2.45) is 0 Å². The monoisotopic (exact) mass is 674 g/mol. The molecule has 3 aliphatic rings. The first kappa shape index (κ1) is 31.3. The van der Waals surface area contributed by atoms with Crippen LogP contribution >= 0.6 is 0 Å². The second-order valence-corrected chi connectivity index (χ2v) is 12.7. The van der Waals surface area contributed by atoms with Gasteiger partial charge in [-0.25, -0.2) is 19.0 Å². The number of amides is 4. The van der Waals surface area contributed by atoms with E-state index in [1.165, 1.54) is 12.4 Å². The van der Waals surface area contributed by atoms with Crippen molar-refractivity contribution < 1.29 is 28.3 Å². The molecular weight excluding hydrogens is 643 g/mol. The summed E-state index contributed by atoms with van der Waals surface area (Å²) in [6.07, 6.45) is 3.02. The van der Waals surface area contributed by atoms with Crippen LogP contribution in [0.1, 0.15) is 58.0 Å². The molecule has 2 aromatic heterocycles. The third kappa shape index (κ3) is 5.52. The number of hydrogen-bond donors (Lipinski definition) is 2. The Morgan fingerprint density at radius 1 is 0.920 bits per heavy atom. The minimum atomic E-state index is -1.12. The number of halogens is 1. The van der Waals surface area contributed by atoms with Gasteiger partial charge < -0.3 is 10.5 Å². The number of carbonyl (C=O) groups is 4. The summed E-state index contributed by atoms with van der Waals surface area (Å²) < 4.78 is 23.3. The van der Waals surface area contributed by atoms with Crippen LogP contribution in [-0.2, 0) is 16.1 Å². The van der Waals surface area contributed by atoms with Crippen molar-refractivity contribution in [2.75, 3.05) is 18.8 Å². The highest BCUT2D eigenvalue weighted by Crippen LogP contribution is 2.36. The number of benzene rings is 3. The van der Waals surface area contributed by atoms with Crippen molar-refractivity contribution in [2.45, 2.75) is 44.3 Å². The maximum Gasteiger partial charge on any atom is 0.262 e. The number of rotatable bonds is 7. The number of nitrogens with zero attached hydrogens (tertiary/aromatic N) is 6. The third-order valence-electron chi connectivity index (χ3n) is 9.45. The topological polar surface area (TPSA) is 166 Å². The molecule has 0 radical (unpaired) electrons. The first-order valence-electron chi connectivity index (χ1n) is 16.3. The number of nitrogen functional groups attached to an aromatic ring is 1. The Hall–Kier alpha value is -6.02. The molecule has 14 heteroatoms. The minimum absolute atomic E-state index is 0.00119. The molecule has 4 amide bonds. The zero-order chi connectivity index (χ0) is 34.5. The summed E-state index contributed by atoms with van der Waals surface area (Å²) in [6.45, 7) is 1.37. The van der Waals surface area contributed by atoms with Gasteiger partial charge in [-0.3, -0.25) is 34.3 Å². The largest absolute Gasteiger partial charge is 0.457 e. The van der Waals surface area contributed by atoms with Gasteiger partial charge in [0.2, 0.25) is 11.8 Å². The lowest BCUT2D eigenvalue weighted by atomic mass is 10.0. The normalized spacial score (nSPS) is 19.6. The maximum absolute atomic E-state index is 15.5. The van der Waals surface area contributed by atoms with Crippen LogP contribution in [0.3, 0.4) is 0 Å². The number of nitrogens with two attached hydrogens (primary N) is 1. The van der Waals surface area contributed by atoms with Gasteiger partial charge in [-0.15, -0.1) is 0 Å². The van der Waals surface area contributed by atoms with E-state index in [9.17, 15) is 19.2 Å². The van der Waals surface area contributed by atoms with Gasteiger partial charge in [0, 0.05) is 30.6 Å². The van der Waals surface area contributed by atoms with Gasteiger partial charge in [-0.1, -0.05) is 18.2 Å². The number of nitrogens with one attached hydrogen (secondary N) is 1. The predicted molar refractivity (Wildman–Crippen MR) is 178 cm³/mol. The van der Waals surface area contributed by atoms with Crippen molar-refractivity contribution in [1.29, 1.82) is 0 Å². The molecule has 5 aromatic rings. The average Bonchev–Trinajstić information content (AvgIpc) is 3.62. The van der Waals surface area contributed by atoms with E-state index >= 15 is 4.39 Å². The lowest BCUT2D eigenvalue weighted by molar-refractivity contribution is -0.136. The van der Waals surface area contributed by atoms with Crippen LogP contribution in [0.4, 0.5) is 10.2 Å². The molecule has 3 aromatic carbocycles. The SMILES string of the molecule is Nc1ncnc2c1c(-c1ccc(Oc3ccccc3)cc1)nn2C1CCCN(Cc2cc3c(cc2F)C(=O)N(C2CCC(=O)NC2=O)C3=O)C1. The summed E-state index contributed by atoms with van der Waals surface area (Å²) in [5.41, 5.74) is 8.62. The number of imide groups is 2. The zero-order valence-electron chi connectivity index (χ0n) is 26.7. The maximum atomic E-state index is 15.5. The van der Waals surface area contributed by atoms with Gasteiger partial charge >= 0.3 is 0 Å². The molecule has 0 aliphatic carbocycles. The van der Waals surface area contributed by atoms with Gasteiger partial charge in [0.25, 0.3) is 11.8 Å². The van der Waals surface area contributed by atoms with Gasteiger partial charge in [0.05, 0.1) is 22.6 Å². The summed E-state index contributed by atoms with van der Waals surface area (Å²) in [4.78, 5) is 62.3. The van der Waals surface area contributed by atoms with Crippen LogP contribution in [-0.4, -0.2) is 72.3 Å². The van der Waals surface area contributed by atoms with E-state index < -0.39 is 35.5 Å². The molecule has 2 unspecified atom stereocenters. The van der Waals surface area contributed by atoms with Crippen molar-refractivity contribution >= 4 is 40.5 Å². The Kier molecular flexibility index (Phi) is 7.79. The van der Waals surface area contributed by atoms with E-state index in [1.54, 1.807) is 0 Å².